The Balaban J connectivity index is 2.06. The molecule has 1 aliphatic heterocycles. The summed E-state index contributed by atoms with van der Waals surface area (Å²) in [4.78, 5) is 11.8. The summed E-state index contributed by atoms with van der Waals surface area (Å²) in [5.41, 5.74) is 4.26. The first-order valence-corrected chi connectivity index (χ1v) is 5.85. The highest BCUT2D eigenvalue weighted by Crippen LogP contribution is 2.36. The van der Waals surface area contributed by atoms with Crippen LogP contribution in [0.2, 0.25) is 0 Å². The van der Waals surface area contributed by atoms with Gasteiger partial charge in [-0.15, -0.1) is 0 Å². The van der Waals surface area contributed by atoms with Crippen molar-refractivity contribution in [3.8, 4) is 0 Å². The maximum Gasteiger partial charge on any atom is 0.167 e. The molecule has 1 fully saturated rings. The van der Waals surface area contributed by atoms with Crippen LogP contribution in [0.4, 0.5) is 5.82 Å². The second-order valence-corrected chi connectivity index (χ2v) is 4.61. The lowest BCUT2D eigenvalue weighted by molar-refractivity contribution is -0.0548. The average molecular weight is 277 g/mol. The van der Waals surface area contributed by atoms with Gasteiger partial charge in [0.2, 0.25) is 0 Å². The third-order valence-electron chi connectivity index (χ3n) is 3.39. The van der Waals surface area contributed by atoms with Crippen LogP contribution < -0.4 is 5.73 Å². The number of hydrogen-bond acceptors (Lipinski definition) is 8. The Bertz CT molecular complexity index is 648. The van der Waals surface area contributed by atoms with E-state index in [-0.39, 0.29) is 5.82 Å². The molecule has 0 amide bonds. The summed E-state index contributed by atoms with van der Waals surface area (Å²) in [6, 6.07) is 0. The van der Waals surface area contributed by atoms with Gasteiger partial charge in [0.1, 0.15) is 31.9 Å². The van der Waals surface area contributed by atoms with E-state index in [0.29, 0.717) is 11.2 Å². The number of fused-ring (bicyclic) bond motifs is 1. The fourth-order valence-electron chi connectivity index (χ4n) is 2.23. The molecule has 9 nitrogen and oxygen atoms in total. The second kappa shape index (κ2) is 4.38. The van der Waals surface area contributed by atoms with Gasteiger partial charge in [-0.05, 0) is 0 Å². The number of aliphatic hydroxyl groups is 3. The summed E-state index contributed by atoms with van der Waals surface area (Å²) in [6.07, 6.45) is -1.04. The molecule has 3 rings (SSSR count). The Hall–Kier alpha value is -1.75. The molecule has 0 unspecified atom stereocenters. The number of hydrogen-bond donors (Lipinski definition) is 4. The SMILES string of the molecule is [B][C@@]1(O)[C@@H](CO)O[C@@H](n2cnc3c(N)ncnc32)[C@@H]1O. The van der Waals surface area contributed by atoms with E-state index in [2.05, 4.69) is 15.0 Å². The number of imidazole rings is 1. The van der Waals surface area contributed by atoms with Crippen LogP contribution in [0, 0.1) is 0 Å². The second-order valence-electron chi connectivity index (χ2n) is 4.61. The molecular weight excluding hydrogens is 265 g/mol. The Labute approximate surface area is 114 Å². The lowest BCUT2D eigenvalue weighted by atomic mass is 9.74. The summed E-state index contributed by atoms with van der Waals surface area (Å²) >= 11 is 0. The van der Waals surface area contributed by atoms with E-state index < -0.39 is 30.5 Å². The molecule has 0 spiro atoms. The van der Waals surface area contributed by atoms with Gasteiger partial charge >= 0.3 is 0 Å². The Morgan fingerprint density at radius 1 is 1.45 bits per heavy atom. The zero-order valence-corrected chi connectivity index (χ0v) is 10.3. The van der Waals surface area contributed by atoms with Gasteiger partial charge in [0.15, 0.2) is 17.7 Å². The minimum absolute atomic E-state index is 0.183. The number of rotatable bonds is 2. The quantitative estimate of drug-likeness (QED) is 0.442. The van der Waals surface area contributed by atoms with Crippen molar-refractivity contribution in [1.29, 1.82) is 0 Å². The summed E-state index contributed by atoms with van der Waals surface area (Å²) < 4.78 is 6.76. The molecule has 10 heteroatoms. The molecule has 1 saturated heterocycles. The van der Waals surface area contributed by atoms with Crippen molar-refractivity contribution in [1.82, 2.24) is 19.5 Å². The standard InChI is InChI=1S/C10H12BN5O4/c11-10(19)4(1-17)20-9(6(10)18)16-3-15-5-7(12)13-2-14-8(5)16/h2-4,6,9,17-19H,1H2,(H2,12,13,14)/t4-,6+,9-,10-/m1/s1. The highest BCUT2D eigenvalue weighted by atomic mass is 16.6. The first-order valence-electron chi connectivity index (χ1n) is 5.85. The van der Waals surface area contributed by atoms with E-state index in [9.17, 15) is 10.2 Å². The van der Waals surface area contributed by atoms with Gasteiger partial charge < -0.3 is 25.8 Å². The van der Waals surface area contributed by atoms with E-state index in [1.807, 2.05) is 0 Å². The molecule has 4 atom stereocenters. The highest BCUT2D eigenvalue weighted by Gasteiger charge is 2.52. The molecule has 2 aromatic rings. The van der Waals surface area contributed by atoms with Crippen LogP contribution in [0.1, 0.15) is 6.23 Å². The Morgan fingerprint density at radius 3 is 2.85 bits per heavy atom. The predicted octanol–water partition coefficient (Wildman–Crippen LogP) is -2.48. The van der Waals surface area contributed by atoms with E-state index in [0.717, 1.165) is 0 Å². The number of nitrogen functional groups attached to an aromatic ring is 1. The fraction of sp³-hybridized carbons (Fsp3) is 0.500. The molecule has 104 valence electrons. The maximum atomic E-state index is 10.1. The number of nitrogens with two attached hydrogens (primary N) is 1. The summed E-state index contributed by atoms with van der Waals surface area (Å²) in [7, 11) is 5.58. The molecule has 0 aromatic carbocycles. The topological polar surface area (TPSA) is 140 Å². The molecule has 20 heavy (non-hydrogen) atoms. The van der Waals surface area contributed by atoms with Crippen molar-refractivity contribution >= 4 is 24.8 Å². The first-order chi connectivity index (χ1) is 9.46. The van der Waals surface area contributed by atoms with Crippen LogP contribution in [0.3, 0.4) is 0 Å². The largest absolute Gasteiger partial charge is 0.394 e. The van der Waals surface area contributed by atoms with Crippen LogP contribution in [-0.4, -0.2) is 67.0 Å². The zero-order valence-electron chi connectivity index (χ0n) is 10.3. The van der Waals surface area contributed by atoms with Crippen LogP contribution in [-0.2, 0) is 4.74 Å². The van der Waals surface area contributed by atoms with Crippen molar-refractivity contribution in [3.05, 3.63) is 12.7 Å². The number of aromatic nitrogens is 4. The lowest BCUT2D eigenvalue weighted by Crippen LogP contribution is -2.49. The van der Waals surface area contributed by atoms with Crippen molar-refractivity contribution in [3.63, 3.8) is 0 Å². The molecule has 3 heterocycles. The lowest BCUT2D eigenvalue weighted by Gasteiger charge is -2.25. The van der Waals surface area contributed by atoms with Crippen LogP contribution in [0.25, 0.3) is 11.2 Å². The van der Waals surface area contributed by atoms with Crippen molar-refractivity contribution < 1.29 is 20.1 Å². The van der Waals surface area contributed by atoms with E-state index >= 15 is 0 Å². The molecule has 0 bridgehead atoms. The fourth-order valence-corrected chi connectivity index (χ4v) is 2.23. The number of anilines is 1. The van der Waals surface area contributed by atoms with Gasteiger partial charge in [0.25, 0.3) is 0 Å². The maximum absolute atomic E-state index is 10.1. The third kappa shape index (κ3) is 1.69. The third-order valence-corrected chi connectivity index (χ3v) is 3.39. The number of nitrogens with zero attached hydrogens (tertiary/aromatic N) is 4. The van der Waals surface area contributed by atoms with Gasteiger partial charge in [0.05, 0.1) is 18.4 Å². The predicted molar refractivity (Wildman–Crippen MR) is 67.4 cm³/mol. The monoisotopic (exact) mass is 277 g/mol. The summed E-state index contributed by atoms with van der Waals surface area (Å²) in [6.45, 7) is -0.537. The smallest absolute Gasteiger partial charge is 0.167 e. The van der Waals surface area contributed by atoms with Gasteiger partial charge in [-0.2, -0.15) is 0 Å². The van der Waals surface area contributed by atoms with Crippen LogP contribution in [0.5, 0.6) is 0 Å². The van der Waals surface area contributed by atoms with Gasteiger partial charge in [-0.3, -0.25) is 4.57 Å². The molecule has 0 saturated carbocycles. The molecule has 2 radical (unpaired) electrons. The Morgan fingerprint density at radius 2 is 2.20 bits per heavy atom. The van der Waals surface area contributed by atoms with Crippen molar-refractivity contribution in [2.75, 3.05) is 12.3 Å². The van der Waals surface area contributed by atoms with E-state index in [4.69, 9.17) is 23.4 Å². The molecule has 0 aliphatic carbocycles. The first kappa shape index (κ1) is 13.2. The summed E-state index contributed by atoms with van der Waals surface area (Å²) in [5, 5.41) is 29.2. The van der Waals surface area contributed by atoms with Crippen molar-refractivity contribution in [2.45, 2.75) is 23.9 Å². The summed E-state index contributed by atoms with van der Waals surface area (Å²) in [5.74, 6) is 0.183. The molecular formula is C10H12BN5O4. The number of aliphatic hydroxyl groups excluding tert-OH is 2. The minimum atomic E-state index is -2.07. The van der Waals surface area contributed by atoms with Crippen molar-refractivity contribution in [2.24, 2.45) is 0 Å². The highest BCUT2D eigenvalue weighted by molar-refractivity contribution is 6.15. The van der Waals surface area contributed by atoms with Crippen LogP contribution in [0.15, 0.2) is 12.7 Å². The molecule has 2 aromatic heterocycles. The van der Waals surface area contributed by atoms with E-state index in [1.54, 1.807) is 0 Å². The normalized spacial score (nSPS) is 33.9. The van der Waals surface area contributed by atoms with Gasteiger partial charge in [-0.1, -0.05) is 0 Å². The Kier molecular flexibility index (Phi) is 2.90. The van der Waals surface area contributed by atoms with E-state index in [1.165, 1.54) is 17.2 Å². The average Bonchev–Trinajstić information content (AvgIpc) is 2.92. The number of ether oxygens (including phenoxy) is 1. The molecule has 1 aliphatic rings. The molecule has 5 N–H and O–H groups in total. The van der Waals surface area contributed by atoms with Gasteiger partial charge in [0, 0.05) is 0 Å². The minimum Gasteiger partial charge on any atom is -0.394 e. The zero-order chi connectivity index (χ0) is 14.5. The van der Waals surface area contributed by atoms with Crippen LogP contribution >= 0.6 is 0 Å². The van der Waals surface area contributed by atoms with Gasteiger partial charge in [-0.25, -0.2) is 15.0 Å².